The standard InChI is InChI=1S/C14H20N4O2/c1-10-7-15-13(16-8-10)18-5-3-14(4-6-18)11(2)17-12(19)9-20-14/h7-8,11H,3-6,9H2,1-2H3,(H,17,19). The summed E-state index contributed by atoms with van der Waals surface area (Å²) in [6.45, 7) is 5.88. The maximum absolute atomic E-state index is 11.4. The first kappa shape index (κ1) is 13.3. The van der Waals surface area contributed by atoms with E-state index < -0.39 is 0 Å². The molecule has 20 heavy (non-hydrogen) atoms. The first-order valence-electron chi connectivity index (χ1n) is 7.06. The molecule has 0 aliphatic carbocycles. The van der Waals surface area contributed by atoms with Crippen LogP contribution in [-0.2, 0) is 9.53 Å². The third kappa shape index (κ3) is 2.35. The molecule has 0 aromatic carbocycles. The molecule has 1 aromatic rings. The number of aromatic nitrogens is 2. The molecule has 0 bridgehead atoms. The van der Waals surface area contributed by atoms with Gasteiger partial charge in [0.05, 0.1) is 11.6 Å². The number of aryl methyl sites for hydroxylation is 1. The van der Waals surface area contributed by atoms with E-state index in [0.29, 0.717) is 0 Å². The van der Waals surface area contributed by atoms with Crippen LogP contribution in [0.1, 0.15) is 25.3 Å². The Bertz CT molecular complexity index is 494. The summed E-state index contributed by atoms with van der Waals surface area (Å²) in [6, 6.07) is 0.0600. The van der Waals surface area contributed by atoms with Crippen LogP contribution < -0.4 is 10.2 Å². The molecule has 6 heteroatoms. The summed E-state index contributed by atoms with van der Waals surface area (Å²) in [5.74, 6) is 0.755. The van der Waals surface area contributed by atoms with Crippen molar-refractivity contribution in [2.75, 3.05) is 24.6 Å². The van der Waals surface area contributed by atoms with Crippen LogP contribution in [0.3, 0.4) is 0 Å². The van der Waals surface area contributed by atoms with Gasteiger partial charge < -0.3 is 15.0 Å². The van der Waals surface area contributed by atoms with Gasteiger partial charge in [-0.2, -0.15) is 0 Å². The van der Waals surface area contributed by atoms with Crippen molar-refractivity contribution in [2.45, 2.75) is 38.3 Å². The number of ether oxygens (including phenoxy) is 1. The van der Waals surface area contributed by atoms with Gasteiger partial charge >= 0.3 is 0 Å². The number of hydrogen-bond acceptors (Lipinski definition) is 5. The van der Waals surface area contributed by atoms with Gasteiger partial charge in [-0.05, 0) is 32.3 Å². The highest BCUT2D eigenvalue weighted by Gasteiger charge is 2.44. The van der Waals surface area contributed by atoms with E-state index in [4.69, 9.17) is 4.74 Å². The first-order chi connectivity index (χ1) is 9.59. The fourth-order valence-electron chi connectivity index (χ4n) is 2.96. The van der Waals surface area contributed by atoms with Crippen molar-refractivity contribution in [2.24, 2.45) is 0 Å². The molecule has 2 aliphatic heterocycles. The normalized spacial score (nSPS) is 25.6. The van der Waals surface area contributed by atoms with E-state index in [0.717, 1.165) is 37.4 Å². The molecule has 1 unspecified atom stereocenters. The molecule has 0 radical (unpaired) electrons. The average Bonchev–Trinajstić information content (AvgIpc) is 2.45. The molecule has 108 valence electrons. The Morgan fingerprint density at radius 2 is 2.00 bits per heavy atom. The summed E-state index contributed by atoms with van der Waals surface area (Å²) in [7, 11) is 0. The minimum absolute atomic E-state index is 0.0209. The van der Waals surface area contributed by atoms with Crippen molar-refractivity contribution in [3.63, 3.8) is 0 Å². The summed E-state index contributed by atoms with van der Waals surface area (Å²) in [4.78, 5) is 22.3. The number of nitrogens with one attached hydrogen (secondary N) is 1. The van der Waals surface area contributed by atoms with Crippen LogP contribution in [0.25, 0.3) is 0 Å². The molecule has 1 aromatic heterocycles. The highest BCUT2D eigenvalue weighted by Crippen LogP contribution is 2.32. The molecular weight excluding hydrogens is 256 g/mol. The van der Waals surface area contributed by atoms with Gasteiger partial charge in [0.2, 0.25) is 11.9 Å². The number of rotatable bonds is 1. The molecule has 1 amide bonds. The fraction of sp³-hybridized carbons (Fsp3) is 0.643. The van der Waals surface area contributed by atoms with Crippen molar-refractivity contribution in [3.8, 4) is 0 Å². The molecule has 2 aliphatic rings. The first-order valence-corrected chi connectivity index (χ1v) is 7.06. The monoisotopic (exact) mass is 276 g/mol. The summed E-state index contributed by atoms with van der Waals surface area (Å²) < 4.78 is 5.85. The Hall–Kier alpha value is -1.69. The van der Waals surface area contributed by atoms with Crippen LogP contribution in [0.2, 0.25) is 0 Å². The molecule has 1 spiro atoms. The second-order valence-corrected chi connectivity index (χ2v) is 5.69. The lowest BCUT2D eigenvalue weighted by atomic mass is 9.84. The Morgan fingerprint density at radius 3 is 2.60 bits per heavy atom. The highest BCUT2D eigenvalue weighted by atomic mass is 16.5. The lowest BCUT2D eigenvalue weighted by Gasteiger charge is -2.47. The van der Waals surface area contributed by atoms with E-state index in [-0.39, 0.29) is 24.2 Å². The lowest BCUT2D eigenvalue weighted by molar-refractivity contribution is -0.154. The minimum atomic E-state index is -0.227. The van der Waals surface area contributed by atoms with Crippen LogP contribution in [0.15, 0.2) is 12.4 Å². The van der Waals surface area contributed by atoms with E-state index in [9.17, 15) is 4.79 Å². The van der Waals surface area contributed by atoms with Crippen LogP contribution in [0.4, 0.5) is 5.95 Å². The number of carbonyl (C=O) groups excluding carboxylic acids is 1. The molecule has 3 rings (SSSR count). The second kappa shape index (κ2) is 5.01. The van der Waals surface area contributed by atoms with Crippen molar-refractivity contribution >= 4 is 11.9 Å². The number of amides is 1. The summed E-state index contributed by atoms with van der Waals surface area (Å²) >= 11 is 0. The molecule has 6 nitrogen and oxygen atoms in total. The van der Waals surface area contributed by atoms with Gasteiger partial charge in [0, 0.05) is 25.5 Å². The van der Waals surface area contributed by atoms with E-state index in [1.807, 2.05) is 26.2 Å². The van der Waals surface area contributed by atoms with Crippen LogP contribution in [0.5, 0.6) is 0 Å². The van der Waals surface area contributed by atoms with Gasteiger partial charge in [0.15, 0.2) is 0 Å². The maximum Gasteiger partial charge on any atom is 0.246 e. The van der Waals surface area contributed by atoms with Crippen molar-refractivity contribution in [1.82, 2.24) is 15.3 Å². The molecule has 2 fully saturated rings. The summed E-state index contributed by atoms with van der Waals surface area (Å²) in [5, 5.41) is 2.99. The molecule has 2 saturated heterocycles. The smallest absolute Gasteiger partial charge is 0.246 e. The van der Waals surface area contributed by atoms with E-state index >= 15 is 0 Å². The quantitative estimate of drug-likeness (QED) is 0.816. The predicted octanol–water partition coefficient (Wildman–Crippen LogP) is 0.659. The Kier molecular flexibility index (Phi) is 3.33. The Morgan fingerprint density at radius 1 is 1.35 bits per heavy atom. The number of nitrogens with zero attached hydrogens (tertiary/aromatic N) is 3. The minimum Gasteiger partial charge on any atom is -0.363 e. The zero-order valence-electron chi connectivity index (χ0n) is 11.9. The average molecular weight is 276 g/mol. The van der Waals surface area contributed by atoms with Crippen LogP contribution in [0, 0.1) is 6.92 Å². The predicted molar refractivity (Wildman–Crippen MR) is 74.5 cm³/mol. The summed E-state index contributed by atoms with van der Waals surface area (Å²) in [6.07, 6.45) is 5.44. The summed E-state index contributed by atoms with van der Waals surface area (Å²) in [5.41, 5.74) is 0.837. The fourth-order valence-corrected chi connectivity index (χ4v) is 2.96. The topological polar surface area (TPSA) is 67.4 Å². The van der Waals surface area contributed by atoms with Crippen molar-refractivity contribution in [3.05, 3.63) is 18.0 Å². The van der Waals surface area contributed by atoms with Gasteiger partial charge in [-0.3, -0.25) is 4.79 Å². The third-order valence-corrected chi connectivity index (χ3v) is 4.32. The highest BCUT2D eigenvalue weighted by molar-refractivity contribution is 5.78. The number of piperidine rings is 1. The number of morpholine rings is 1. The number of anilines is 1. The lowest BCUT2D eigenvalue weighted by Crippen LogP contribution is -2.62. The Labute approximate surface area is 118 Å². The van der Waals surface area contributed by atoms with Crippen LogP contribution >= 0.6 is 0 Å². The second-order valence-electron chi connectivity index (χ2n) is 5.69. The Balaban J connectivity index is 1.67. The van der Waals surface area contributed by atoms with Crippen molar-refractivity contribution in [1.29, 1.82) is 0 Å². The number of carbonyl (C=O) groups is 1. The zero-order chi connectivity index (χ0) is 14.2. The van der Waals surface area contributed by atoms with Gasteiger partial charge in [-0.25, -0.2) is 9.97 Å². The largest absolute Gasteiger partial charge is 0.363 e. The molecule has 0 saturated carbocycles. The molecule has 1 atom stereocenters. The van der Waals surface area contributed by atoms with Gasteiger partial charge in [0.1, 0.15) is 6.61 Å². The van der Waals surface area contributed by atoms with Crippen molar-refractivity contribution < 1.29 is 9.53 Å². The van der Waals surface area contributed by atoms with Gasteiger partial charge in [-0.1, -0.05) is 0 Å². The van der Waals surface area contributed by atoms with E-state index in [2.05, 4.69) is 20.2 Å². The molecule has 1 N–H and O–H groups in total. The van der Waals surface area contributed by atoms with E-state index in [1.165, 1.54) is 0 Å². The van der Waals surface area contributed by atoms with Crippen LogP contribution in [-0.4, -0.2) is 47.2 Å². The number of hydrogen-bond donors (Lipinski definition) is 1. The SMILES string of the molecule is Cc1cnc(N2CCC3(CC2)OCC(=O)NC3C)nc1. The zero-order valence-corrected chi connectivity index (χ0v) is 11.9. The van der Waals surface area contributed by atoms with Gasteiger partial charge in [-0.15, -0.1) is 0 Å². The molecule has 3 heterocycles. The van der Waals surface area contributed by atoms with E-state index in [1.54, 1.807) is 0 Å². The maximum atomic E-state index is 11.4. The van der Waals surface area contributed by atoms with Gasteiger partial charge in [0.25, 0.3) is 0 Å². The molecular formula is C14H20N4O2. The third-order valence-electron chi connectivity index (χ3n) is 4.32.